The highest BCUT2D eigenvalue weighted by molar-refractivity contribution is 6.30. The van der Waals surface area contributed by atoms with Crippen LogP contribution in [0.5, 0.6) is 0 Å². The molecule has 4 rings (SSSR count). The van der Waals surface area contributed by atoms with E-state index < -0.39 is 6.67 Å². The number of benzene rings is 2. The van der Waals surface area contributed by atoms with E-state index in [-0.39, 0.29) is 5.91 Å². The lowest BCUT2D eigenvalue weighted by molar-refractivity contribution is 0.0993. The van der Waals surface area contributed by atoms with Crippen molar-refractivity contribution in [2.45, 2.75) is 6.67 Å². The first-order valence-corrected chi connectivity index (χ1v) is 9.11. The lowest BCUT2D eigenvalue weighted by atomic mass is 10.1. The van der Waals surface area contributed by atoms with Crippen molar-refractivity contribution in [3.63, 3.8) is 0 Å². The van der Waals surface area contributed by atoms with Crippen LogP contribution >= 0.6 is 11.6 Å². The second kappa shape index (κ2) is 7.44. The largest absolute Gasteiger partial charge is 0.311 e. The van der Waals surface area contributed by atoms with Crippen LogP contribution < -0.4 is 4.90 Å². The SMILES string of the molecule is CN(C(=O)c1ccc(Cl)cc1)c1ccn2ncc(-c3ccc(CF)cc3)c2c1. The molecule has 6 heteroatoms. The van der Waals surface area contributed by atoms with Gasteiger partial charge in [0, 0.05) is 35.1 Å². The Morgan fingerprint density at radius 3 is 2.50 bits per heavy atom. The fourth-order valence-corrected chi connectivity index (χ4v) is 3.20. The van der Waals surface area contributed by atoms with E-state index in [1.165, 1.54) is 0 Å². The van der Waals surface area contributed by atoms with Crippen LogP contribution in [-0.2, 0) is 6.67 Å². The fourth-order valence-electron chi connectivity index (χ4n) is 3.08. The molecule has 4 nitrogen and oxygen atoms in total. The number of carbonyl (C=O) groups excluding carboxylic acids is 1. The van der Waals surface area contributed by atoms with E-state index in [2.05, 4.69) is 5.10 Å². The van der Waals surface area contributed by atoms with Gasteiger partial charge in [-0.05, 0) is 47.5 Å². The number of pyridine rings is 1. The zero-order valence-corrected chi connectivity index (χ0v) is 15.9. The third-order valence-corrected chi connectivity index (χ3v) is 4.96. The van der Waals surface area contributed by atoms with E-state index >= 15 is 0 Å². The van der Waals surface area contributed by atoms with Crippen molar-refractivity contribution in [2.75, 3.05) is 11.9 Å². The second-order valence-corrected chi connectivity index (χ2v) is 6.91. The number of nitrogens with zero attached hydrogens (tertiary/aromatic N) is 3. The number of carbonyl (C=O) groups is 1. The summed E-state index contributed by atoms with van der Waals surface area (Å²) >= 11 is 5.91. The predicted molar refractivity (Wildman–Crippen MR) is 110 cm³/mol. The quantitative estimate of drug-likeness (QED) is 0.465. The van der Waals surface area contributed by atoms with Crippen LogP contribution in [0, 0.1) is 0 Å². The number of halogens is 2. The van der Waals surface area contributed by atoms with Crippen LogP contribution in [0.25, 0.3) is 16.6 Å². The third kappa shape index (κ3) is 3.37. The molecule has 2 aromatic carbocycles. The molecule has 0 aliphatic heterocycles. The smallest absolute Gasteiger partial charge is 0.258 e. The molecule has 0 bridgehead atoms. The zero-order chi connectivity index (χ0) is 19.7. The molecular weight excluding hydrogens is 377 g/mol. The van der Waals surface area contributed by atoms with Crippen LogP contribution in [0.2, 0.25) is 5.02 Å². The number of alkyl halides is 1. The standard InChI is InChI=1S/C22H17ClFN3O/c1-26(22(28)17-6-8-18(23)9-7-17)19-10-11-27-21(12-19)20(14-25-27)16-4-2-15(13-24)3-5-16/h2-12,14H,13H2,1H3. The van der Waals surface area contributed by atoms with Crippen LogP contribution in [0.15, 0.2) is 73.1 Å². The van der Waals surface area contributed by atoms with Crippen molar-refractivity contribution in [2.24, 2.45) is 0 Å². The minimum absolute atomic E-state index is 0.130. The van der Waals surface area contributed by atoms with Gasteiger partial charge >= 0.3 is 0 Å². The highest BCUT2D eigenvalue weighted by atomic mass is 35.5. The highest BCUT2D eigenvalue weighted by Gasteiger charge is 2.15. The molecule has 0 saturated heterocycles. The van der Waals surface area contributed by atoms with Crippen LogP contribution in [0.3, 0.4) is 0 Å². The maximum Gasteiger partial charge on any atom is 0.258 e. The first kappa shape index (κ1) is 18.2. The normalized spacial score (nSPS) is 11.0. The van der Waals surface area contributed by atoms with E-state index in [0.29, 0.717) is 16.1 Å². The summed E-state index contributed by atoms with van der Waals surface area (Å²) in [5.41, 5.74) is 4.66. The second-order valence-electron chi connectivity index (χ2n) is 6.47. The van der Waals surface area contributed by atoms with Crippen molar-refractivity contribution in [3.05, 3.63) is 89.2 Å². The van der Waals surface area contributed by atoms with Gasteiger partial charge in [-0.15, -0.1) is 0 Å². The number of hydrogen-bond acceptors (Lipinski definition) is 2. The lowest BCUT2D eigenvalue weighted by Gasteiger charge is -2.18. The van der Waals surface area contributed by atoms with Gasteiger partial charge in [0.05, 0.1) is 11.7 Å². The molecule has 2 heterocycles. The average Bonchev–Trinajstić information content (AvgIpc) is 3.16. The van der Waals surface area contributed by atoms with Crippen molar-refractivity contribution in [1.29, 1.82) is 0 Å². The molecule has 0 aliphatic rings. The Balaban J connectivity index is 1.70. The molecule has 0 atom stereocenters. The number of aromatic nitrogens is 2. The van der Waals surface area contributed by atoms with Gasteiger partial charge in [0.2, 0.25) is 0 Å². The summed E-state index contributed by atoms with van der Waals surface area (Å²) in [7, 11) is 1.73. The fraction of sp³-hybridized carbons (Fsp3) is 0.0909. The summed E-state index contributed by atoms with van der Waals surface area (Å²) < 4.78 is 14.5. The van der Waals surface area contributed by atoms with Crippen LogP contribution in [0.4, 0.5) is 10.1 Å². The first-order chi connectivity index (χ1) is 13.6. The van der Waals surface area contributed by atoms with Crippen LogP contribution in [-0.4, -0.2) is 22.6 Å². The monoisotopic (exact) mass is 393 g/mol. The number of rotatable bonds is 4. The van der Waals surface area contributed by atoms with Crippen molar-refractivity contribution >= 4 is 28.7 Å². The van der Waals surface area contributed by atoms with E-state index in [4.69, 9.17) is 11.6 Å². The molecule has 1 amide bonds. The third-order valence-electron chi connectivity index (χ3n) is 4.71. The van der Waals surface area contributed by atoms with E-state index in [1.807, 2.05) is 30.5 Å². The van der Waals surface area contributed by atoms with Gasteiger partial charge in [-0.1, -0.05) is 35.9 Å². The number of anilines is 1. The van der Waals surface area contributed by atoms with Gasteiger partial charge in [-0.3, -0.25) is 4.79 Å². The van der Waals surface area contributed by atoms with Crippen molar-refractivity contribution in [1.82, 2.24) is 9.61 Å². The molecule has 0 unspecified atom stereocenters. The summed E-state index contributed by atoms with van der Waals surface area (Å²) in [5.74, 6) is -0.130. The maximum absolute atomic E-state index is 12.8. The number of amides is 1. The topological polar surface area (TPSA) is 37.6 Å². The first-order valence-electron chi connectivity index (χ1n) is 8.73. The van der Waals surface area contributed by atoms with E-state index in [9.17, 15) is 9.18 Å². The lowest BCUT2D eigenvalue weighted by Crippen LogP contribution is -2.26. The molecule has 0 spiro atoms. The Morgan fingerprint density at radius 1 is 1.11 bits per heavy atom. The van der Waals surface area contributed by atoms with Gasteiger partial charge in [-0.2, -0.15) is 5.10 Å². The molecular formula is C22H17ClFN3O. The molecule has 0 radical (unpaired) electrons. The molecule has 0 aliphatic carbocycles. The Hall–Kier alpha value is -3.18. The molecule has 4 aromatic rings. The van der Waals surface area contributed by atoms with Gasteiger partial charge < -0.3 is 4.90 Å². The molecule has 0 saturated carbocycles. The van der Waals surface area contributed by atoms with Crippen molar-refractivity contribution in [3.8, 4) is 11.1 Å². The highest BCUT2D eigenvalue weighted by Crippen LogP contribution is 2.28. The van der Waals surface area contributed by atoms with Gasteiger partial charge in [-0.25, -0.2) is 8.91 Å². The molecule has 0 N–H and O–H groups in total. The number of fused-ring (bicyclic) bond motifs is 1. The summed E-state index contributed by atoms with van der Waals surface area (Å²) in [5, 5.41) is 4.96. The summed E-state index contributed by atoms with van der Waals surface area (Å²) in [4.78, 5) is 14.4. The summed E-state index contributed by atoms with van der Waals surface area (Å²) in [6, 6.07) is 17.8. The van der Waals surface area contributed by atoms with Gasteiger partial charge in [0.1, 0.15) is 6.67 Å². The Bertz CT molecular complexity index is 1140. The van der Waals surface area contributed by atoms with Gasteiger partial charge in [0.25, 0.3) is 5.91 Å². The van der Waals surface area contributed by atoms with Crippen LogP contribution in [0.1, 0.15) is 15.9 Å². The predicted octanol–water partition coefficient (Wildman–Crippen LogP) is 5.40. The van der Waals surface area contributed by atoms with Gasteiger partial charge in [0.15, 0.2) is 0 Å². The molecule has 140 valence electrons. The zero-order valence-electron chi connectivity index (χ0n) is 15.1. The molecule has 0 fully saturated rings. The van der Waals surface area contributed by atoms with E-state index in [1.54, 1.807) is 59.1 Å². The average molecular weight is 394 g/mol. The van der Waals surface area contributed by atoms with Crippen molar-refractivity contribution < 1.29 is 9.18 Å². The maximum atomic E-state index is 12.8. The summed E-state index contributed by atoms with van der Waals surface area (Å²) in [6.07, 6.45) is 3.58. The Kier molecular flexibility index (Phi) is 4.84. The minimum atomic E-state index is -0.489. The molecule has 2 aromatic heterocycles. The summed E-state index contributed by atoms with van der Waals surface area (Å²) in [6.45, 7) is -0.489. The Labute approximate surface area is 166 Å². The van der Waals surface area contributed by atoms with E-state index in [0.717, 1.165) is 22.3 Å². The number of hydrogen-bond donors (Lipinski definition) is 0. The molecule has 28 heavy (non-hydrogen) atoms. The minimum Gasteiger partial charge on any atom is -0.311 e. The Morgan fingerprint density at radius 2 is 1.82 bits per heavy atom.